The van der Waals surface area contributed by atoms with Gasteiger partial charge in [-0.3, -0.25) is 9.59 Å². The number of hydrogen-bond donors (Lipinski definition) is 1. The van der Waals surface area contributed by atoms with E-state index in [9.17, 15) is 9.59 Å². The van der Waals surface area contributed by atoms with E-state index < -0.39 is 0 Å². The van der Waals surface area contributed by atoms with E-state index in [1.54, 1.807) is 13.0 Å². The molecule has 1 aromatic heterocycles. The molecule has 1 N–H and O–H groups in total. The fraction of sp³-hybridized carbons (Fsp3) is 0.312. The first-order valence-electron chi connectivity index (χ1n) is 7.13. The van der Waals surface area contributed by atoms with Crippen LogP contribution in [-0.4, -0.2) is 35.0 Å². The Morgan fingerprint density at radius 1 is 1.27 bits per heavy atom. The number of carbonyl (C=O) groups excluding carboxylic acids is 2. The van der Waals surface area contributed by atoms with Crippen molar-refractivity contribution in [1.29, 1.82) is 0 Å². The molecule has 0 aliphatic rings. The third-order valence-corrected chi connectivity index (χ3v) is 3.16. The zero-order valence-corrected chi connectivity index (χ0v) is 12.7. The van der Waals surface area contributed by atoms with Gasteiger partial charge in [0, 0.05) is 12.6 Å². The fourth-order valence-electron chi connectivity index (χ4n) is 2.04. The molecule has 22 heavy (non-hydrogen) atoms. The summed E-state index contributed by atoms with van der Waals surface area (Å²) in [4.78, 5) is 25.7. The zero-order valence-electron chi connectivity index (χ0n) is 12.7. The van der Waals surface area contributed by atoms with Crippen LogP contribution >= 0.6 is 0 Å². The van der Waals surface area contributed by atoms with Gasteiger partial charge in [-0.2, -0.15) is 0 Å². The number of rotatable bonds is 6. The second-order valence-corrected chi connectivity index (χ2v) is 4.94. The number of benzene rings is 1. The van der Waals surface area contributed by atoms with Gasteiger partial charge in [0.15, 0.2) is 5.82 Å². The molecule has 0 unspecified atom stereocenters. The molecule has 2 aromatic rings. The van der Waals surface area contributed by atoms with E-state index in [1.165, 1.54) is 4.90 Å². The first-order chi connectivity index (χ1) is 10.6. The number of carbonyl (C=O) groups is 2. The Labute approximate surface area is 129 Å². The summed E-state index contributed by atoms with van der Waals surface area (Å²) in [6.07, 6.45) is 0.283. The van der Waals surface area contributed by atoms with Gasteiger partial charge in [-0.05, 0) is 19.4 Å². The van der Waals surface area contributed by atoms with Gasteiger partial charge in [-0.25, -0.2) is 0 Å². The van der Waals surface area contributed by atoms with Crippen molar-refractivity contribution >= 4 is 17.6 Å². The van der Waals surface area contributed by atoms with E-state index in [0.29, 0.717) is 18.1 Å². The summed E-state index contributed by atoms with van der Waals surface area (Å²) in [6.45, 7) is 4.05. The Hall–Kier alpha value is -2.63. The normalized spacial score (nSPS) is 10.3. The van der Waals surface area contributed by atoms with Crippen LogP contribution in [0, 0.1) is 6.92 Å². The topological polar surface area (TPSA) is 75.4 Å². The molecule has 116 valence electrons. The maximum atomic E-state index is 12.2. The van der Waals surface area contributed by atoms with Crippen LogP contribution in [0.15, 0.2) is 40.9 Å². The molecule has 0 atom stereocenters. The molecule has 2 rings (SSSR count). The number of hydrogen-bond acceptors (Lipinski definition) is 4. The van der Waals surface area contributed by atoms with Gasteiger partial charge in [0.2, 0.25) is 11.8 Å². The smallest absolute Gasteiger partial charge is 0.245 e. The highest BCUT2D eigenvalue weighted by molar-refractivity contribution is 5.94. The number of aryl methyl sites for hydroxylation is 1. The zero-order chi connectivity index (χ0) is 15.9. The van der Waals surface area contributed by atoms with Crippen LogP contribution in [0.4, 0.5) is 5.82 Å². The lowest BCUT2D eigenvalue weighted by Gasteiger charge is -2.20. The molecule has 1 heterocycles. The number of nitrogens with one attached hydrogen (secondary N) is 1. The molecule has 0 saturated carbocycles. The highest BCUT2D eigenvalue weighted by atomic mass is 16.5. The largest absolute Gasteiger partial charge is 0.360 e. The molecule has 6 nitrogen and oxygen atoms in total. The van der Waals surface area contributed by atoms with Crippen LogP contribution in [0.2, 0.25) is 0 Å². The molecule has 0 radical (unpaired) electrons. The summed E-state index contributed by atoms with van der Waals surface area (Å²) in [6, 6.07) is 11.1. The molecule has 0 spiro atoms. The minimum atomic E-state index is -0.295. The quantitative estimate of drug-likeness (QED) is 0.885. The van der Waals surface area contributed by atoms with Gasteiger partial charge in [0.05, 0.1) is 13.0 Å². The third kappa shape index (κ3) is 4.44. The van der Waals surface area contributed by atoms with Gasteiger partial charge in [0.25, 0.3) is 0 Å². The maximum Gasteiger partial charge on any atom is 0.245 e. The lowest BCUT2D eigenvalue weighted by atomic mass is 10.1. The summed E-state index contributed by atoms with van der Waals surface area (Å²) < 4.78 is 4.88. The fourth-order valence-corrected chi connectivity index (χ4v) is 2.04. The maximum absolute atomic E-state index is 12.2. The van der Waals surface area contributed by atoms with Crippen molar-refractivity contribution in [3.63, 3.8) is 0 Å². The van der Waals surface area contributed by atoms with Gasteiger partial charge in [-0.1, -0.05) is 35.5 Å². The molecule has 0 aliphatic heterocycles. The number of aromatic nitrogens is 1. The summed E-state index contributed by atoms with van der Waals surface area (Å²) in [5.74, 6) is 0.591. The van der Waals surface area contributed by atoms with Gasteiger partial charge >= 0.3 is 0 Å². The minimum absolute atomic E-state index is 0.00588. The Balaban J connectivity index is 1.90. The molecule has 2 amide bonds. The molecule has 0 bridgehead atoms. The third-order valence-electron chi connectivity index (χ3n) is 3.16. The molecule has 0 fully saturated rings. The van der Waals surface area contributed by atoms with Crippen molar-refractivity contribution < 1.29 is 14.1 Å². The first-order valence-corrected chi connectivity index (χ1v) is 7.13. The van der Waals surface area contributed by atoms with Crippen molar-refractivity contribution in [3.05, 3.63) is 47.7 Å². The van der Waals surface area contributed by atoms with E-state index in [4.69, 9.17) is 4.52 Å². The molecule has 1 aromatic carbocycles. The monoisotopic (exact) mass is 301 g/mol. The molecule has 0 aliphatic carbocycles. The Bertz CT molecular complexity index is 637. The molecule has 6 heteroatoms. The number of anilines is 1. The van der Waals surface area contributed by atoms with Crippen LogP contribution in [0.5, 0.6) is 0 Å². The molecular weight excluding hydrogens is 282 g/mol. The summed E-state index contributed by atoms with van der Waals surface area (Å²) >= 11 is 0. The lowest BCUT2D eigenvalue weighted by Crippen LogP contribution is -2.38. The average Bonchev–Trinajstić information content (AvgIpc) is 2.90. The number of likely N-dealkylation sites (N-methyl/N-ethyl adjacent to an activating group) is 1. The minimum Gasteiger partial charge on any atom is -0.360 e. The number of nitrogens with zero attached hydrogens (tertiary/aromatic N) is 2. The Morgan fingerprint density at radius 3 is 2.59 bits per heavy atom. The molecular formula is C16H19N3O3. The second-order valence-electron chi connectivity index (χ2n) is 4.94. The van der Waals surface area contributed by atoms with Gasteiger partial charge in [0.1, 0.15) is 5.76 Å². The first kappa shape index (κ1) is 15.8. The van der Waals surface area contributed by atoms with Crippen molar-refractivity contribution in [3.8, 4) is 0 Å². The van der Waals surface area contributed by atoms with Crippen LogP contribution in [-0.2, 0) is 16.0 Å². The molecule has 0 saturated heterocycles. The highest BCUT2D eigenvalue weighted by Gasteiger charge is 2.16. The summed E-state index contributed by atoms with van der Waals surface area (Å²) in [5, 5.41) is 6.30. The van der Waals surface area contributed by atoms with E-state index in [-0.39, 0.29) is 24.8 Å². The van der Waals surface area contributed by atoms with Gasteiger partial charge in [-0.15, -0.1) is 0 Å². The van der Waals surface area contributed by atoms with E-state index in [0.717, 1.165) is 5.56 Å². The van der Waals surface area contributed by atoms with Crippen molar-refractivity contribution in [2.24, 2.45) is 0 Å². The predicted molar refractivity (Wildman–Crippen MR) is 82.3 cm³/mol. The lowest BCUT2D eigenvalue weighted by molar-refractivity contribution is -0.133. The number of amides is 2. The average molecular weight is 301 g/mol. The van der Waals surface area contributed by atoms with Crippen LogP contribution in [0.25, 0.3) is 0 Å². The summed E-state index contributed by atoms with van der Waals surface area (Å²) in [7, 11) is 0. The van der Waals surface area contributed by atoms with E-state index in [1.807, 2.05) is 37.3 Å². The SMILES string of the molecule is CCN(CC(=O)Nc1cc(C)on1)C(=O)Cc1ccccc1. The Kier molecular flexibility index (Phi) is 5.30. The summed E-state index contributed by atoms with van der Waals surface area (Å²) in [5.41, 5.74) is 0.929. The van der Waals surface area contributed by atoms with Crippen LogP contribution in [0.3, 0.4) is 0 Å². The second kappa shape index (κ2) is 7.40. The van der Waals surface area contributed by atoms with Crippen molar-refractivity contribution in [2.75, 3.05) is 18.4 Å². The van der Waals surface area contributed by atoms with Gasteiger partial charge < -0.3 is 14.7 Å². The van der Waals surface area contributed by atoms with Crippen molar-refractivity contribution in [2.45, 2.75) is 20.3 Å². The van der Waals surface area contributed by atoms with E-state index >= 15 is 0 Å². The van der Waals surface area contributed by atoms with E-state index in [2.05, 4.69) is 10.5 Å². The highest BCUT2D eigenvalue weighted by Crippen LogP contribution is 2.07. The van der Waals surface area contributed by atoms with Crippen LogP contribution in [0.1, 0.15) is 18.2 Å². The van der Waals surface area contributed by atoms with Crippen molar-refractivity contribution in [1.82, 2.24) is 10.1 Å². The van der Waals surface area contributed by atoms with Crippen LogP contribution < -0.4 is 5.32 Å². The standard InChI is InChI=1S/C16H19N3O3/c1-3-19(16(21)10-13-7-5-4-6-8-13)11-15(20)17-14-9-12(2)22-18-14/h4-9H,3,10-11H2,1-2H3,(H,17,18,20). The Morgan fingerprint density at radius 2 is 2.00 bits per heavy atom. The predicted octanol–water partition coefficient (Wildman–Crippen LogP) is 2.01.